The number of benzene rings is 1. The number of hydrogen-bond acceptors (Lipinski definition) is 4. The fourth-order valence-corrected chi connectivity index (χ4v) is 2.08. The molecule has 0 aliphatic heterocycles. The van der Waals surface area contributed by atoms with Crippen LogP contribution in [0.15, 0.2) is 47.5 Å². The summed E-state index contributed by atoms with van der Waals surface area (Å²) in [6.45, 7) is 5.95. The van der Waals surface area contributed by atoms with E-state index in [9.17, 15) is 4.79 Å². The Morgan fingerprint density at radius 1 is 1.38 bits per heavy atom. The summed E-state index contributed by atoms with van der Waals surface area (Å²) < 4.78 is 0.814. The van der Waals surface area contributed by atoms with Gasteiger partial charge < -0.3 is 10.6 Å². The van der Waals surface area contributed by atoms with Gasteiger partial charge in [0, 0.05) is 17.1 Å². The molecular weight excluding hydrogens is 332 g/mol. The lowest BCUT2D eigenvalue weighted by molar-refractivity contribution is 0.102. The second kappa shape index (κ2) is 6.99. The highest BCUT2D eigenvalue weighted by atomic mass is 79.9. The Balaban J connectivity index is 2.20. The number of amides is 1. The predicted molar refractivity (Wildman–Crippen MR) is 87.6 cm³/mol. The van der Waals surface area contributed by atoms with Gasteiger partial charge in [-0.2, -0.15) is 0 Å². The third kappa shape index (κ3) is 4.13. The maximum absolute atomic E-state index is 12.3. The van der Waals surface area contributed by atoms with Gasteiger partial charge in [-0.25, -0.2) is 9.97 Å². The van der Waals surface area contributed by atoms with Gasteiger partial charge in [-0.15, -0.1) is 6.58 Å². The number of nitrogens with zero attached hydrogens (tertiary/aromatic N) is 2. The average Bonchev–Trinajstić information content (AvgIpc) is 2.47. The van der Waals surface area contributed by atoms with Crippen LogP contribution in [0.1, 0.15) is 16.3 Å². The van der Waals surface area contributed by atoms with Crippen LogP contribution in [0.4, 0.5) is 11.5 Å². The van der Waals surface area contributed by atoms with Crippen molar-refractivity contribution in [1.29, 1.82) is 0 Å². The molecular formula is C15H15BrN4O. The number of hydrogen-bond donors (Lipinski definition) is 2. The molecule has 0 unspecified atom stereocenters. The Labute approximate surface area is 131 Å². The van der Waals surface area contributed by atoms with E-state index in [-0.39, 0.29) is 5.91 Å². The zero-order chi connectivity index (χ0) is 15.2. The van der Waals surface area contributed by atoms with E-state index >= 15 is 0 Å². The van der Waals surface area contributed by atoms with Gasteiger partial charge in [-0.1, -0.05) is 18.2 Å². The molecule has 0 aliphatic carbocycles. The number of anilines is 2. The second-order valence-electron chi connectivity index (χ2n) is 4.29. The number of nitrogens with one attached hydrogen (secondary N) is 2. The van der Waals surface area contributed by atoms with Crippen LogP contribution in [-0.4, -0.2) is 22.4 Å². The van der Waals surface area contributed by atoms with Crippen molar-refractivity contribution in [3.05, 3.63) is 59.0 Å². The monoisotopic (exact) mass is 346 g/mol. The van der Waals surface area contributed by atoms with Crippen molar-refractivity contribution < 1.29 is 4.79 Å². The number of halogens is 1. The van der Waals surface area contributed by atoms with E-state index in [0.29, 0.717) is 29.6 Å². The minimum atomic E-state index is -0.283. The van der Waals surface area contributed by atoms with E-state index in [2.05, 4.69) is 43.1 Å². The minimum Gasteiger partial charge on any atom is -0.366 e. The van der Waals surface area contributed by atoms with Crippen molar-refractivity contribution in [2.75, 3.05) is 17.2 Å². The number of aryl methyl sites for hydroxylation is 1. The first-order chi connectivity index (χ1) is 10.1. The van der Waals surface area contributed by atoms with Crippen LogP contribution >= 0.6 is 15.9 Å². The van der Waals surface area contributed by atoms with Crippen LogP contribution in [-0.2, 0) is 0 Å². The number of para-hydroxylation sites is 1. The van der Waals surface area contributed by atoms with Crippen LogP contribution in [0, 0.1) is 6.92 Å². The lowest BCUT2D eigenvalue weighted by Crippen LogP contribution is -2.16. The Hall–Kier alpha value is -2.21. The third-order valence-corrected chi connectivity index (χ3v) is 3.31. The van der Waals surface area contributed by atoms with Gasteiger partial charge >= 0.3 is 0 Å². The van der Waals surface area contributed by atoms with Crippen LogP contribution in [0.2, 0.25) is 0 Å². The Morgan fingerprint density at radius 2 is 2.14 bits per heavy atom. The largest absolute Gasteiger partial charge is 0.366 e. The molecule has 1 aromatic carbocycles. The average molecular weight is 347 g/mol. The zero-order valence-corrected chi connectivity index (χ0v) is 13.1. The summed E-state index contributed by atoms with van der Waals surface area (Å²) in [6, 6.07) is 9.02. The molecule has 0 aliphatic rings. The molecule has 2 aromatic rings. The van der Waals surface area contributed by atoms with Gasteiger partial charge in [0.05, 0.1) is 5.69 Å². The van der Waals surface area contributed by atoms with Gasteiger partial charge in [0.15, 0.2) is 0 Å². The molecule has 1 heterocycles. The highest BCUT2D eigenvalue weighted by Gasteiger charge is 2.11. The molecule has 6 heteroatoms. The molecule has 2 rings (SSSR count). The summed E-state index contributed by atoms with van der Waals surface area (Å²) in [4.78, 5) is 20.7. The molecule has 0 radical (unpaired) electrons. The standard InChI is InChI=1S/C15H15BrN4O/c1-3-8-17-14-9-13(18-10(2)19-14)15(21)20-12-7-5-4-6-11(12)16/h3-7,9H,1,8H2,2H3,(H,20,21)(H,17,18,19). The van der Waals surface area contributed by atoms with E-state index < -0.39 is 0 Å². The third-order valence-electron chi connectivity index (χ3n) is 2.62. The molecule has 1 amide bonds. The molecule has 0 bridgehead atoms. The highest BCUT2D eigenvalue weighted by Crippen LogP contribution is 2.21. The Morgan fingerprint density at radius 3 is 2.86 bits per heavy atom. The summed E-state index contributed by atoms with van der Waals surface area (Å²) in [5, 5.41) is 5.86. The van der Waals surface area contributed by atoms with Crippen LogP contribution in [0.3, 0.4) is 0 Å². The van der Waals surface area contributed by atoms with Crippen LogP contribution in [0.25, 0.3) is 0 Å². The number of rotatable bonds is 5. The SMILES string of the molecule is C=CCNc1cc(C(=O)Nc2ccccc2Br)nc(C)n1. The summed E-state index contributed by atoms with van der Waals surface area (Å²) in [6.07, 6.45) is 1.72. The quantitative estimate of drug-likeness (QED) is 0.814. The second-order valence-corrected chi connectivity index (χ2v) is 5.14. The topological polar surface area (TPSA) is 66.9 Å². The van der Waals surface area contributed by atoms with E-state index in [1.807, 2.05) is 24.3 Å². The minimum absolute atomic E-state index is 0.283. The smallest absolute Gasteiger partial charge is 0.274 e. The van der Waals surface area contributed by atoms with Crippen molar-refractivity contribution in [3.8, 4) is 0 Å². The van der Waals surface area contributed by atoms with Crippen LogP contribution in [0.5, 0.6) is 0 Å². The first kappa shape index (κ1) is 15.2. The lowest BCUT2D eigenvalue weighted by Gasteiger charge is -2.09. The zero-order valence-electron chi connectivity index (χ0n) is 11.6. The maximum atomic E-state index is 12.3. The molecule has 0 fully saturated rings. The Kier molecular flexibility index (Phi) is 5.05. The van der Waals surface area contributed by atoms with Crippen molar-refractivity contribution in [2.24, 2.45) is 0 Å². The summed E-state index contributed by atoms with van der Waals surface area (Å²) in [5.74, 6) is 0.843. The van der Waals surface area contributed by atoms with Crippen molar-refractivity contribution in [1.82, 2.24) is 9.97 Å². The van der Waals surface area contributed by atoms with Gasteiger partial charge in [0.25, 0.3) is 5.91 Å². The molecule has 21 heavy (non-hydrogen) atoms. The van der Waals surface area contributed by atoms with Crippen molar-refractivity contribution in [3.63, 3.8) is 0 Å². The van der Waals surface area contributed by atoms with Crippen molar-refractivity contribution >= 4 is 33.3 Å². The predicted octanol–water partition coefficient (Wildman–Crippen LogP) is 3.40. The number of aromatic nitrogens is 2. The molecule has 0 atom stereocenters. The van der Waals surface area contributed by atoms with E-state index in [4.69, 9.17) is 0 Å². The van der Waals surface area contributed by atoms with Gasteiger partial charge in [0.2, 0.25) is 0 Å². The first-order valence-electron chi connectivity index (χ1n) is 6.36. The maximum Gasteiger partial charge on any atom is 0.274 e. The Bertz CT molecular complexity index is 672. The highest BCUT2D eigenvalue weighted by molar-refractivity contribution is 9.10. The van der Waals surface area contributed by atoms with Crippen molar-refractivity contribution in [2.45, 2.75) is 6.92 Å². The fourth-order valence-electron chi connectivity index (χ4n) is 1.70. The fraction of sp³-hybridized carbons (Fsp3) is 0.133. The molecule has 0 spiro atoms. The number of carbonyl (C=O) groups is 1. The molecule has 0 saturated heterocycles. The lowest BCUT2D eigenvalue weighted by atomic mass is 10.3. The molecule has 2 N–H and O–H groups in total. The molecule has 0 saturated carbocycles. The summed E-state index contributed by atoms with van der Waals surface area (Å²) in [7, 11) is 0. The van der Waals surface area contributed by atoms with E-state index in [1.54, 1.807) is 19.1 Å². The van der Waals surface area contributed by atoms with Gasteiger partial charge in [-0.05, 0) is 35.0 Å². The normalized spacial score (nSPS) is 10.0. The summed E-state index contributed by atoms with van der Waals surface area (Å²) >= 11 is 3.39. The van der Waals surface area contributed by atoms with Gasteiger partial charge in [-0.3, -0.25) is 4.79 Å². The van der Waals surface area contributed by atoms with Crippen LogP contribution < -0.4 is 10.6 Å². The molecule has 1 aromatic heterocycles. The first-order valence-corrected chi connectivity index (χ1v) is 7.16. The van der Waals surface area contributed by atoms with E-state index in [0.717, 1.165) is 4.47 Å². The molecule has 108 valence electrons. The van der Waals surface area contributed by atoms with E-state index in [1.165, 1.54) is 0 Å². The molecule has 5 nitrogen and oxygen atoms in total. The van der Waals surface area contributed by atoms with Gasteiger partial charge in [0.1, 0.15) is 17.3 Å². The number of carbonyl (C=O) groups excluding carboxylic acids is 1. The summed E-state index contributed by atoms with van der Waals surface area (Å²) in [5.41, 5.74) is 1.00.